The number of benzene rings is 3. The highest BCUT2D eigenvalue weighted by Crippen LogP contribution is 2.30. The number of carbonyl (C=O) groups excluding carboxylic acids is 1. The van der Waals surface area contributed by atoms with Crippen molar-refractivity contribution < 1.29 is 19.6 Å². The summed E-state index contributed by atoms with van der Waals surface area (Å²) in [5.74, 6) is -0.106. The Morgan fingerprint density at radius 3 is 2.38 bits per heavy atom. The molecule has 0 bridgehead atoms. The number of phenolic OH excluding ortho intramolecular Hbond substituents is 1. The Labute approximate surface area is 148 Å². The van der Waals surface area contributed by atoms with Gasteiger partial charge < -0.3 is 15.2 Å². The summed E-state index contributed by atoms with van der Waals surface area (Å²) in [6, 6.07) is 18.7. The molecule has 0 atom stereocenters. The Bertz CT molecular complexity index is 957. The molecule has 0 aliphatic rings. The molecule has 0 radical (unpaired) electrons. The van der Waals surface area contributed by atoms with E-state index in [0.29, 0.717) is 5.75 Å². The van der Waals surface area contributed by atoms with E-state index in [1.54, 1.807) is 36.4 Å². The molecule has 0 saturated heterocycles. The fourth-order valence-electron chi connectivity index (χ4n) is 2.28. The van der Waals surface area contributed by atoms with Gasteiger partial charge in [0.15, 0.2) is 0 Å². The van der Waals surface area contributed by atoms with Gasteiger partial charge >= 0.3 is 0 Å². The molecule has 3 aromatic carbocycles. The van der Waals surface area contributed by atoms with Gasteiger partial charge in [-0.3, -0.25) is 14.9 Å². The van der Waals surface area contributed by atoms with E-state index in [2.05, 4.69) is 5.32 Å². The molecule has 7 heteroatoms. The molecule has 0 spiro atoms. The molecule has 2 N–H and O–H groups in total. The molecular formula is C19H14N2O5. The number of rotatable bonds is 5. The van der Waals surface area contributed by atoms with Crippen LogP contribution in [-0.4, -0.2) is 15.9 Å². The smallest absolute Gasteiger partial charge is 0.270 e. The molecular weight excluding hydrogens is 336 g/mol. The standard InChI is InChI=1S/C19H14N2O5/c22-17-9-5-4-8-16(17)20-19(23)15-12-13(21(24)25)10-11-18(15)26-14-6-2-1-3-7-14/h1-12,22H,(H,20,23). The maximum atomic E-state index is 12.6. The van der Waals surface area contributed by atoms with Gasteiger partial charge in [0.1, 0.15) is 17.2 Å². The quantitative estimate of drug-likeness (QED) is 0.405. The van der Waals surface area contributed by atoms with E-state index in [1.807, 2.05) is 6.07 Å². The number of para-hydroxylation sites is 3. The molecule has 0 saturated carbocycles. The maximum absolute atomic E-state index is 12.6. The monoisotopic (exact) mass is 350 g/mol. The first kappa shape index (κ1) is 17.0. The van der Waals surface area contributed by atoms with Gasteiger partial charge in [-0.1, -0.05) is 30.3 Å². The molecule has 0 fully saturated rings. The number of amides is 1. The van der Waals surface area contributed by atoms with Crippen molar-refractivity contribution >= 4 is 17.3 Å². The van der Waals surface area contributed by atoms with Crippen LogP contribution in [0.1, 0.15) is 10.4 Å². The third-order valence-electron chi connectivity index (χ3n) is 3.54. The molecule has 3 rings (SSSR count). The highest BCUT2D eigenvalue weighted by atomic mass is 16.6. The lowest BCUT2D eigenvalue weighted by molar-refractivity contribution is -0.384. The van der Waals surface area contributed by atoms with Crippen molar-refractivity contribution in [1.29, 1.82) is 0 Å². The van der Waals surface area contributed by atoms with Gasteiger partial charge in [0, 0.05) is 12.1 Å². The average molecular weight is 350 g/mol. The van der Waals surface area contributed by atoms with E-state index in [4.69, 9.17) is 4.74 Å². The maximum Gasteiger partial charge on any atom is 0.270 e. The highest BCUT2D eigenvalue weighted by Gasteiger charge is 2.19. The van der Waals surface area contributed by atoms with Gasteiger partial charge in [-0.25, -0.2) is 0 Å². The van der Waals surface area contributed by atoms with E-state index in [0.717, 1.165) is 6.07 Å². The molecule has 0 aliphatic carbocycles. The number of nitrogens with one attached hydrogen (secondary N) is 1. The number of ether oxygens (including phenoxy) is 1. The number of hydrogen-bond donors (Lipinski definition) is 2. The van der Waals surface area contributed by atoms with Gasteiger partial charge in [0.25, 0.3) is 11.6 Å². The number of anilines is 1. The number of aromatic hydroxyl groups is 1. The zero-order valence-electron chi connectivity index (χ0n) is 13.5. The first-order valence-corrected chi connectivity index (χ1v) is 7.65. The molecule has 7 nitrogen and oxygen atoms in total. The van der Waals surface area contributed by atoms with E-state index >= 15 is 0 Å². The minimum atomic E-state index is -0.638. The van der Waals surface area contributed by atoms with Crippen molar-refractivity contribution in [3.8, 4) is 17.2 Å². The summed E-state index contributed by atoms with van der Waals surface area (Å²) in [5, 5.41) is 23.4. The van der Waals surface area contributed by atoms with Crippen molar-refractivity contribution in [2.45, 2.75) is 0 Å². The SMILES string of the molecule is O=C(Nc1ccccc1O)c1cc([N+](=O)[O-])ccc1Oc1ccccc1. The van der Waals surface area contributed by atoms with Crippen LogP contribution in [0, 0.1) is 10.1 Å². The summed E-state index contributed by atoms with van der Waals surface area (Å²) in [7, 11) is 0. The van der Waals surface area contributed by atoms with Crippen LogP contribution in [0.25, 0.3) is 0 Å². The fourth-order valence-corrected chi connectivity index (χ4v) is 2.28. The molecule has 0 aliphatic heterocycles. The third-order valence-corrected chi connectivity index (χ3v) is 3.54. The second-order valence-corrected chi connectivity index (χ2v) is 5.32. The lowest BCUT2D eigenvalue weighted by atomic mass is 10.1. The molecule has 0 heterocycles. The molecule has 0 aromatic heterocycles. The van der Waals surface area contributed by atoms with E-state index in [9.17, 15) is 20.0 Å². The van der Waals surface area contributed by atoms with Crippen molar-refractivity contribution in [2.75, 3.05) is 5.32 Å². The van der Waals surface area contributed by atoms with Crippen LogP contribution in [0.15, 0.2) is 72.8 Å². The van der Waals surface area contributed by atoms with Crippen LogP contribution in [0.2, 0.25) is 0 Å². The zero-order chi connectivity index (χ0) is 18.5. The molecule has 130 valence electrons. The largest absolute Gasteiger partial charge is 0.506 e. The predicted octanol–water partition coefficient (Wildman–Crippen LogP) is 4.35. The van der Waals surface area contributed by atoms with Crippen LogP contribution < -0.4 is 10.1 Å². The lowest BCUT2D eigenvalue weighted by Gasteiger charge is -2.12. The number of phenols is 1. The number of nitro groups is 1. The van der Waals surface area contributed by atoms with Crippen molar-refractivity contribution in [1.82, 2.24) is 0 Å². The van der Waals surface area contributed by atoms with Crippen LogP contribution in [0.3, 0.4) is 0 Å². The minimum Gasteiger partial charge on any atom is -0.506 e. The summed E-state index contributed by atoms with van der Waals surface area (Å²) in [5.41, 5.74) is -0.0752. The molecule has 26 heavy (non-hydrogen) atoms. The van der Waals surface area contributed by atoms with E-state index in [-0.39, 0.29) is 28.4 Å². The zero-order valence-corrected chi connectivity index (χ0v) is 13.5. The highest BCUT2D eigenvalue weighted by molar-refractivity contribution is 6.07. The number of nitro benzene ring substituents is 1. The van der Waals surface area contributed by atoms with Crippen molar-refractivity contribution in [3.05, 3.63) is 88.5 Å². The predicted molar refractivity (Wildman–Crippen MR) is 95.7 cm³/mol. The van der Waals surface area contributed by atoms with Crippen molar-refractivity contribution in [3.63, 3.8) is 0 Å². The van der Waals surface area contributed by atoms with E-state index in [1.165, 1.54) is 24.3 Å². The minimum absolute atomic E-state index is 0.0219. The second-order valence-electron chi connectivity index (χ2n) is 5.32. The molecule has 1 amide bonds. The average Bonchev–Trinajstić information content (AvgIpc) is 2.64. The normalized spacial score (nSPS) is 10.2. The number of carbonyl (C=O) groups is 1. The third kappa shape index (κ3) is 3.78. The Balaban J connectivity index is 1.96. The van der Waals surface area contributed by atoms with Gasteiger partial charge in [0.05, 0.1) is 16.2 Å². The van der Waals surface area contributed by atoms with Crippen LogP contribution in [0.4, 0.5) is 11.4 Å². The Morgan fingerprint density at radius 1 is 1.00 bits per heavy atom. The Hall–Kier alpha value is -3.87. The summed E-state index contributed by atoms with van der Waals surface area (Å²) in [6.07, 6.45) is 0. The lowest BCUT2D eigenvalue weighted by Crippen LogP contribution is -2.13. The van der Waals surface area contributed by atoms with Gasteiger partial charge in [-0.05, 0) is 30.3 Å². The van der Waals surface area contributed by atoms with Crippen molar-refractivity contribution in [2.24, 2.45) is 0 Å². The van der Waals surface area contributed by atoms with Crippen LogP contribution in [0.5, 0.6) is 17.2 Å². The summed E-state index contributed by atoms with van der Waals surface area (Å²) in [6.45, 7) is 0. The first-order valence-electron chi connectivity index (χ1n) is 7.65. The number of non-ortho nitro benzene ring substituents is 1. The molecule has 0 unspecified atom stereocenters. The summed E-state index contributed by atoms with van der Waals surface area (Å²) >= 11 is 0. The Morgan fingerprint density at radius 2 is 1.69 bits per heavy atom. The molecule has 3 aromatic rings. The second kappa shape index (κ2) is 7.35. The van der Waals surface area contributed by atoms with Crippen LogP contribution in [-0.2, 0) is 0 Å². The summed E-state index contributed by atoms with van der Waals surface area (Å²) in [4.78, 5) is 23.1. The van der Waals surface area contributed by atoms with Gasteiger partial charge in [-0.15, -0.1) is 0 Å². The topological polar surface area (TPSA) is 102 Å². The number of nitrogens with zero attached hydrogens (tertiary/aromatic N) is 1. The van der Waals surface area contributed by atoms with Gasteiger partial charge in [0.2, 0.25) is 0 Å². The summed E-state index contributed by atoms with van der Waals surface area (Å²) < 4.78 is 5.69. The Kier molecular flexibility index (Phi) is 4.80. The number of hydrogen-bond acceptors (Lipinski definition) is 5. The fraction of sp³-hybridized carbons (Fsp3) is 0. The van der Waals surface area contributed by atoms with Crippen LogP contribution >= 0.6 is 0 Å². The van der Waals surface area contributed by atoms with E-state index < -0.39 is 10.8 Å². The van der Waals surface area contributed by atoms with Gasteiger partial charge in [-0.2, -0.15) is 0 Å². The first-order chi connectivity index (χ1) is 12.5.